The van der Waals surface area contributed by atoms with E-state index in [1.165, 1.54) is 0 Å². The first-order chi connectivity index (χ1) is 6.56. The van der Waals surface area contributed by atoms with E-state index in [2.05, 4.69) is 15.6 Å². The zero-order valence-electron chi connectivity index (χ0n) is 9.18. The second-order valence-corrected chi connectivity index (χ2v) is 4.04. The summed E-state index contributed by atoms with van der Waals surface area (Å²) < 4.78 is 0. The highest BCUT2D eigenvalue weighted by Crippen LogP contribution is 2.08. The maximum Gasteiger partial charge on any atom is 0.245 e. The molecule has 0 radical (unpaired) electrons. The second-order valence-electron chi connectivity index (χ2n) is 4.04. The fourth-order valence-electron chi connectivity index (χ4n) is 1.44. The maximum absolute atomic E-state index is 11.6. The molecule has 1 rings (SSSR count). The number of carbonyl (C=O) groups is 1. The third-order valence-electron chi connectivity index (χ3n) is 2.24. The Kier molecular flexibility index (Phi) is 3.49. The van der Waals surface area contributed by atoms with E-state index >= 15 is 0 Å². The fourth-order valence-corrected chi connectivity index (χ4v) is 1.44. The molecule has 1 heterocycles. The molecule has 2 N–H and O–H groups in total. The van der Waals surface area contributed by atoms with Crippen molar-refractivity contribution in [2.45, 2.75) is 39.2 Å². The van der Waals surface area contributed by atoms with Gasteiger partial charge in [-0.05, 0) is 27.2 Å². The van der Waals surface area contributed by atoms with Crippen molar-refractivity contribution < 1.29 is 4.79 Å². The van der Waals surface area contributed by atoms with Gasteiger partial charge in [-0.25, -0.2) is 0 Å². The van der Waals surface area contributed by atoms with Crippen LogP contribution in [0.1, 0.15) is 33.6 Å². The molecule has 0 saturated carbocycles. The summed E-state index contributed by atoms with van der Waals surface area (Å²) in [6, 6.07) is 0. The van der Waals surface area contributed by atoms with Crippen LogP contribution in [0.15, 0.2) is 4.99 Å². The number of nitrogens with one attached hydrogen (secondary N) is 2. The molecule has 1 aliphatic rings. The average molecular weight is 197 g/mol. The minimum atomic E-state index is -0.556. The summed E-state index contributed by atoms with van der Waals surface area (Å²) in [6.45, 7) is 7.21. The lowest BCUT2D eigenvalue weighted by molar-refractivity contribution is -0.125. The van der Waals surface area contributed by atoms with E-state index in [1.54, 1.807) is 0 Å². The summed E-state index contributed by atoms with van der Waals surface area (Å²) in [5.74, 6) is 0.982. The highest BCUT2D eigenvalue weighted by atomic mass is 16.2. The van der Waals surface area contributed by atoms with Gasteiger partial charge in [0, 0.05) is 19.5 Å². The highest BCUT2D eigenvalue weighted by molar-refractivity contribution is 5.93. The van der Waals surface area contributed by atoms with Crippen LogP contribution in [-0.2, 0) is 4.79 Å². The van der Waals surface area contributed by atoms with Gasteiger partial charge in [0.15, 0.2) is 0 Å². The smallest absolute Gasteiger partial charge is 0.245 e. The Bertz CT molecular complexity index is 246. The minimum Gasteiger partial charge on any atom is -0.360 e. The Labute approximate surface area is 85.2 Å². The van der Waals surface area contributed by atoms with Crippen LogP contribution in [0.5, 0.6) is 0 Å². The first-order valence-electron chi connectivity index (χ1n) is 5.16. The van der Waals surface area contributed by atoms with Crippen LogP contribution in [0.25, 0.3) is 0 Å². The number of carbonyl (C=O) groups excluding carboxylic acids is 1. The van der Waals surface area contributed by atoms with Gasteiger partial charge in [0.2, 0.25) is 5.91 Å². The molecule has 0 spiro atoms. The molecule has 0 saturated heterocycles. The summed E-state index contributed by atoms with van der Waals surface area (Å²) in [6.07, 6.45) is 2.05. The van der Waals surface area contributed by atoms with Crippen molar-refractivity contribution in [2.24, 2.45) is 4.99 Å². The van der Waals surface area contributed by atoms with E-state index < -0.39 is 5.54 Å². The molecule has 0 aliphatic carbocycles. The molecule has 0 unspecified atom stereocenters. The van der Waals surface area contributed by atoms with E-state index in [1.807, 2.05) is 20.8 Å². The number of nitrogens with zero attached hydrogens (tertiary/aromatic N) is 1. The number of hydrogen-bond acceptors (Lipinski definition) is 3. The van der Waals surface area contributed by atoms with Gasteiger partial charge in [0.1, 0.15) is 5.54 Å². The van der Waals surface area contributed by atoms with E-state index in [9.17, 15) is 4.79 Å². The zero-order valence-corrected chi connectivity index (χ0v) is 9.18. The van der Waals surface area contributed by atoms with Crippen molar-refractivity contribution in [3.63, 3.8) is 0 Å². The SMILES string of the molecule is CCNC(=O)C(C)(C)NC1=NCCC1. The average Bonchev–Trinajstić information content (AvgIpc) is 2.56. The number of aliphatic imine (C=N–C) groups is 1. The molecule has 0 bridgehead atoms. The predicted molar refractivity (Wildman–Crippen MR) is 57.4 cm³/mol. The minimum absolute atomic E-state index is 0.0228. The van der Waals surface area contributed by atoms with Gasteiger partial charge in [-0.15, -0.1) is 0 Å². The fraction of sp³-hybridized carbons (Fsp3) is 0.800. The lowest BCUT2D eigenvalue weighted by Crippen LogP contribution is -2.54. The molecular formula is C10H19N3O. The summed E-state index contributed by atoms with van der Waals surface area (Å²) in [5.41, 5.74) is -0.556. The lowest BCUT2D eigenvalue weighted by Gasteiger charge is -2.25. The van der Waals surface area contributed by atoms with Gasteiger partial charge in [-0.1, -0.05) is 0 Å². The van der Waals surface area contributed by atoms with E-state index in [4.69, 9.17) is 0 Å². The van der Waals surface area contributed by atoms with Gasteiger partial charge in [0.25, 0.3) is 0 Å². The van der Waals surface area contributed by atoms with Crippen LogP contribution in [-0.4, -0.2) is 30.4 Å². The van der Waals surface area contributed by atoms with Crippen LogP contribution < -0.4 is 10.6 Å². The molecule has 4 heteroatoms. The Balaban J connectivity index is 2.51. The molecule has 0 fully saturated rings. The first kappa shape index (κ1) is 11.0. The Morgan fingerprint density at radius 3 is 2.79 bits per heavy atom. The van der Waals surface area contributed by atoms with Gasteiger partial charge in [0.05, 0.1) is 5.84 Å². The van der Waals surface area contributed by atoms with Crippen molar-refractivity contribution in [3.05, 3.63) is 0 Å². The van der Waals surface area contributed by atoms with Crippen LogP contribution in [0.2, 0.25) is 0 Å². The molecule has 0 atom stereocenters. The molecule has 14 heavy (non-hydrogen) atoms. The Hall–Kier alpha value is -1.06. The molecule has 1 amide bonds. The largest absolute Gasteiger partial charge is 0.360 e. The lowest BCUT2D eigenvalue weighted by atomic mass is 10.0. The molecule has 0 aromatic rings. The molecule has 0 aromatic carbocycles. The number of hydrogen-bond donors (Lipinski definition) is 2. The second kappa shape index (κ2) is 4.44. The quantitative estimate of drug-likeness (QED) is 0.699. The van der Waals surface area contributed by atoms with Crippen molar-refractivity contribution in [1.82, 2.24) is 10.6 Å². The number of likely N-dealkylation sites (N-methyl/N-ethyl adjacent to an activating group) is 1. The summed E-state index contributed by atoms with van der Waals surface area (Å²) in [7, 11) is 0. The van der Waals surface area contributed by atoms with Gasteiger partial charge in [-0.3, -0.25) is 9.79 Å². The van der Waals surface area contributed by atoms with Crippen molar-refractivity contribution in [3.8, 4) is 0 Å². The van der Waals surface area contributed by atoms with Crippen LogP contribution in [0, 0.1) is 0 Å². The number of rotatable bonds is 3. The molecule has 1 aliphatic heterocycles. The zero-order chi connectivity index (χ0) is 10.6. The van der Waals surface area contributed by atoms with Crippen LogP contribution in [0.4, 0.5) is 0 Å². The van der Waals surface area contributed by atoms with Crippen LogP contribution in [0.3, 0.4) is 0 Å². The van der Waals surface area contributed by atoms with E-state index in [-0.39, 0.29) is 5.91 Å². The third-order valence-corrected chi connectivity index (χ3v) is 2.24. The summed E-state index contributed by atoms with van der Waals surface area (Å²) in [4.78, 5) is 15.9. The summed E-state index contributed by atoms with van der Waals surface area (Å²) in [5, 5.41) is 5.98. The maximum atomic E-state index is 11.6. The standard InChI is InChI=1S/C10H19N3O/c1-4-11-9(14)10(2,3)13-8-6-5-7-12-8/h4-7H2,1-3H3,(H,11,14)(H,12,13). The Morgan fingerprint density at radius 1 is 1.57 bits per heavy atom. The predicted octanol–water partition coefficient (Wildman–Crippen LogP) is 0.683. The molecule has 80 valence electrons. The van der Waals surface area contributed by atoms with E-state index in [0.29, 0.717) is 6.54 Å². The summed E-state index contributed by atoms with van der Waals surface area (Å²) >= 11 is 0. The molecule has 4 nitrogen and oxygen atoms in total. The third kappa shape index (κ3) is 2.72. The van der Waals surface area contributed by atoms with Gasteiger partial charge < -0.3 is 10.6 Å². The highest BCUT2D eigenvalue weighted by Gasteiger charge is 2.28. The van der Waals surface area contributed by atoms with E-state index in [0.717, 1.165) is 25.2 Å². The van der Waals surface area contributed by atoms with Crippen molar-refractivity contribution in [2.75, 3.05) is 13.1 Å². The Morgan fingerprint density at radius 2 is 2.29 bits per heavy atom. The van der Waals surface area contributed by atoms with Gasteiger partial charge >= 0.3 is 0 Å². The molecular weight excluding hydrogens is 178 g/mol. The first-order valence-corrected chi connectivity index (χ1v) is 5.16. The van der Waals surface area contributed by atoms with Crippen molar-refractivity contribution in [1.29, 1.82) is 0 Å². The number of amidine groups is 1. The topological polar surface area (TPSA) is 53.5 Å². The van der Waals surface area contributed by atoms with Crippen LogP contribution >= 0.6 is 0 Å². The number of amides is 1. The van der Waals surface area contributed by atoms with Gasteiger partial charge in [-0.2, -0.15) is 0 Å². The normalized spacial score (nSPS) is 16.4. The molecule has 0 aromatic heterocycles. The monoisotopic (exact) mass is 197 g/mol. The van der Waals surface area contributed by atoms with Crippen molar-refractivity contribution >= 4 is 11.7 Å².